The van der Waals surface area contributed by atoms with Gasteiger partial charge in [0.25, 0.3) is 0 Å². The summed E-state index contributed by atoms with van der Waals surface area (Å²) in [7, 11) is 0. The molecule has 0 fully saturated rings. The van der Waals surface area contributed by atoms with Gasteiger partial charge in [-0.15, -0.1) is 0 Å². The van der Waals surface area contributed by atoms with E-state index in [4.69, 9.17) is 0 Å². The highest BCUT2D eigenvalue weighted by atomic mass is 14.9. The summed E-state index contributed by atoms with van der Waals surface area (Å²) in [5.41, 5.74) is 0. The highest BCUT2D eigenvalue weighted by Crippen LogP contribution is 2.07. The minimum absolute atomic E-state index is 0.773. The van der Waals surface area contributed by atoms with Gasteiger partial charge in [-0.25, -0.2) is 0 Å². The molecule has 0 spiro atoms. The zero-order chi connectivity index (χ0) is 8.85. The fourth-order valence-electron chi connectivity index (χ4n) is 0.835. The van der Waals surface area contributed by atoms with Gasteiger partial charge >= 0.3 is 0 Å². The van der Waals surface area contributed by atoms with Gasteiger partial charge in [0, 0.05) is 0 Å². The van der Waals surface area contributed by atoms with Gasteiger partial charge < -0.3 is 5.32 Å². The Kier molecular flexibility index (Phi) is 5.57. The summed E-state index contributed by atoms with van der Waals surface area (Å²) in [6, 6.07) is 0. The molecule has 0 radical (unpaired) electrons. The Morgan fingerprint density at radius 2 is 1.45 bits per heavy atom. The summed E-state index contributed by atoms with van der Waals surface area (Å²) in [4.78, 5) is 0. The zero-order valence-corrected chi connectivity index (χ0v) is 8.65. The Morgan fingerprint density at radius 3 is 1.82 bits per heavy atom. The Morgan fingerprint density at radius 1 is 0.909 bits per heavy atom. The van der Waals surface area contributed by atoms with Crippen molar-refractivity contribution in [2.75, 3.05) is 13.1 Å². The number of rotatable bonds is 5. The highest BCUT2D eigenvalue weighted by molar-refractivity contribution is 4.61. The van der Waals surface area contributed by atoms with Crippen molar-refractivity contribution in [3.05, 3.63) is 0 Å². The first-order valence-corrected chi connectivity index (χ1v) is 4.74. The van der Waals surface area contributed by atoms with Crippen molar-refractivity contribution >= 4 is 0 Å². The number of hydrogen-bond donors (Lipinski definition) is 1. The molecule has 1 atom stereocenters. The summed E-state index contributed by atoms with van der Waals surface area (Å²) in [5.74, 6) is 2.37. The van der Waals surface area contributed by atoms with Crippen LogP contribution in [0.3, 0.4) is 0 Å². The van der Waals surface area contributed by atoms with Crippen LogP contribution in [0.15, 0.2) is 0 Å². The van der Waals surface area contributed by atoms with E-state index in [9.17, 15) is 0 Å². The summed E-state index contributed by atoms with van der Waals surface area (Å²) in [5, 5.41) is 3.47. The molecule has 1 N–H and O–H groups in total. The predicted octanol–water partition coefficient (Wildman–Crippen LogP) is 2.52. The molecule has 0 aliphatic carbocycles. The maximum absolute atomic E-state index is 3.47. The Balaban J connectivity index is 3.24. The smallest absolute Gasteiger partial charge is 0.00206 e. The molecular weight excluding hydrogens is 134 g/mol. The van der Waals surface area contributed by atoms with Crippen molar-refractivity contribution < 1.29 is 0 Å². The first-order chi connectivity index (χ1) is 5.04. The van der Waals surface area contributed by atoms with Crippen molar-refractivity contribution in [2.45, 2.75) is 34.6 Å². The lowest BCUT2D eigenvalue weighted by molar-refractivity contribution is 0.382. The molecular formula is C10H23N. The van der Waals surface area contributed by atoms with Gasteiger partial charge in [0.05, 0.1) is 0 Å². The summed E-state index contributed by atoms with van der Waals surface area (Å²) >= 11 is 0. The topological polar surface area (TPSA) is 12.0 Å². The van der Waals surface area contributed by atoms with E-state index in [0.717, 1.165) is 30.8 Å². The van der Waals surface area contributed by atoms with Crippen LogP contribution in [-0.4, -0.2) is 13.1 Å². The first-order valence-electron chi connectivity index (χ1n) is 4.74. The molecule has 0 aromatic rings. The Hall–Kier alpha value is -0.0400. The van der Waals surface area contributed by atoms with Gasteiger partial charge in [0.1, 0.15) is 0 Å². The van der Waals surface area contributed by atoms with Crippen molar-refractivity contribution in [3.63, 3.8) is 0 Å². The number of hydrogen-bond acceptors (Lipinski definition) is 1. The Labute approximate surface area is 71.6 Å². The van der Waals surface area contributed by atoms with Gasteiger partial charge in [0.2, 0.25) is 0 Å². The minimum Gasteiger partial charge on any atom is -0.316 e. The lowest BCUT2D eigenvalue weighted by Gasteiger charge is -2.16. The van der Waals surface area contributed by atoms with Gasteiger partial charge in [-0.1, -0.05) is 34.6 Å². The fourth-order valence-corrected chi connectivity index (χ4v) is 0.835. The van der Waals surface area contributed by atoms with Crippen LogP contribution in [-0.2, 0) is 0 Å². The van der Waals surface area contributed by atoms with Crippen LogP contribution in [0.1, 0.15) is 34.6 Å². The minimum atomic E-state index is 0.773. The average Bonchev–Trinajstić information content (AvgIpc) is 1.86. The first kappa shape index (κ1) is 11.0. The van der Waals surface area contributed by atoms with E-state index >= 15 is 0 Å². The van der Waals surface area contributed by atoms with Crippen LogP contribution in [0.2, 0.25) is 0 Å². The van der Waals surface area contributed by atoms with Crippen LogP contribution in [0.4, 0.5) is 0 Å². The molecule has 0 amide bonds. The van der Waals surface area contributed by atoms with Gasteiger partial charge in [-0.3, -0.25) is 0 Å². The molecule has 11 heavy (non-hydrogen) atoms. The summed E-state index contributed by atoms with van der Waals surface area (Å²) in [6.45, 7) is 13.7. The second-order valence-corrected chi connectivity index (χ2v) is 4.27. The average molecular weight is 157 g/mol. The second kappa shape index (κ2) is 5.59. The molecule has 1 unspecified atom stereocenters. The SMILES string of the molecule is CC(C)CNCC(C)C(C)C. The largest absolute Gasteiger partial charge is 0.316 e. The van der Waals surface area contributed by atoms with E-state index < -0.39 is 0 Å². The van der Waals surface area contributed by atoms with E-state index in [1.807, 2.05) is 0 Å². The van der Waals surface area contributed by atoms with Crippen LogP contribution in [0.5, 0.6) is 0 Å². The van der Waals surface area contributed by atoms with Crippen molar-refractivity contribution in [1.82, 2.24) is 5.32 Å². The molecule has 0 aliphatic rings. The molecule has 0 rings (SSSR count). The maximum atomic E-state index is 3.47. The molecule has 1 heteroatoms. The van der Waals surface area contributed by atoms with E-state index in [1.165, 1.54) is 0 Å². The lowest BCUT2D eigenvalue weighted by atomic mass is 9.98. The molecule has 0 saturated heterocycles. The van der Waals surface area contributed by atoms with Crippen molar-refractivity contribution in [2.24, 2.45) is 17.8 Å². The molecule has 0 aromatic carbocycles. The quantitative estimate of drug-likeness (QED) is 0.646. The third-order valence-corrected chi connectivity index (χ3v) is 2.16. The zero-order valence-electron chi connectivity index (χ0n) is 8.65. The number of nitrogens with one attached hydrogen (secondary N) is 1. The van der Waals surface area contributed by atoms with Gasteiger partial charge in [-0.05, 0) is 30.8 Å². The van der Waals surface area contributed by atoms with E-state index in [-0.39, 0.29) is 0 Å². The third-order valence-electron chi connectivity index (χ3n) is 2.16. The van der Waals surface area contributed by atoms with Gasteiger partial charge in [0.15, 0.2) is 0 Å². The second-order valence-electron chi connectivity index (χ2n) is 4.27. The summed E-state index contributed by atoms with van der Waals surface area (Å²) in [6.07, 6.45) is 0. The molecule has 68 valence electrons. The van der Waals surface area contributed by atoms with Crippen LogP contribution >= 0.6 is 0 Å². The molecule has 0 bridgehead atoms. The normalized spacial score (nSPS) is 14.5. The molecule has 0 heterocycles. The maximum Gasteiger partial charge on any atom is -0.00206 e. The van der Waals surface area contributed by atoms with E-state index in [1.54, 1.807) is 0 Å². The Bertz CT molecular complexity index is 86.9. The van der Waals surface area contributed by atoms with Gasteiger partial charge in [-0.2, -0.15) is 0 Å². The standard InChI is InChI=1S/C10H23N/c1-8(2)6-11-7-10(5)9(3)4/h8-11H,6-7H2,1-5H3. The van der Waals surface area contributed by atoms with Crippen LogP contribution in [0, 0.1) is 17.8 Å². The van der Waals surface area contributed by atoms with Crippen LogP contribution in [0.25, 0.3) is 0 Å². The predicted molar refractivity (Wildman–Crippen MR) is 51.7 cm³/mol. The lowest BCUT2D eigenvalue weighted by Crippen LogP contribution is -2.27. The molecule has 0 aromatic heterocycles. The fraction of sp³-hybridized carbons (Fsp3) is 1.00. The summed E-state index contributed by atoms with van der Waals surface area (Å²) < 4.78 is 0. The van der Waals surface area contributed by atoms with Crippen LogP contribution < -0.4 is 5.32 Å². The van der Waals surface area contributed by atoms with Crippen molar-refractivity contribution in [1.29, 1.82) is 0 Å². The molecule has 0 saturated carbocycles. The monoisotopic (exact) mass is 157 g/mol. The van der Waals surface area contributed by atoms with Crippen molar-refractivity contribution in [3.8, 4) is 0 Å². The molecule has 0 aliphatic heterocycles. The molecule has 1 nitrogen and oxygen atoms in total. The highest BCUT2D eigenvalue weighted by Gasteiger charge is 2.05. The third kappa shape index (κ3) is 6.36. The van der Waals surface area contributed by atoms with E-state index in [0.29, 0.717) is 0 Å². The van der Waals surface area contributed by atoms with E-state index in [2.05, 4.69) is 39.9 Å².